The fraction of sp³-hybridized carbons (Fsp3) is 0.167. The number of pyridine rings is 2. The molecule has 8 heteroatoms. The Kier molecular flexibility index (Phi) is 5.60. The number of hydrogen-bond donors (Lipinski definition) is 2. The van der Waals surface area contributed by atoms with Gasteiger partial charge >= 0.3 is 0 Å². The van der Waals surface area contributed by atoms with Gasteiger partial charge in [-0.15, -0.1) is 0 Å². The Labute approximate surface area is 217 Å². The van der Waals surface area contributed by atoms with Gasteiger partial charge in [0, 0.05) is 51.0 Å². The number of aromatic nitrogens is 2. The third-order valence-electron chi connectivity index (χ3n) is 6.92. The number of benzene rings is 3. The van der Waals surface area contributed by atoms with Gasteiger partial charge in [0.2, 0.25) is 5.88 Å². The lowest BCUT2D eigenvalue weighted by Crippen LogP contribution is -2.24. The summed E-state index contributed by atoms with van der Waals surface area (Å²) >= 11 is 0. The zero-order valence-corrected chi connectivity index (χ0v) is 21.2. The molecule has 1 amide bonds. The number of nitrogens with two attached hydrogens (primary N) is 1. The summed E-state index contributed by atoms with van der Waals surface area (Å²) in [6, 6.07) is 14.6. The van der Waals surface area contributed by atoms with Crippen molar-refractivity contribution in [3.05, 3.63) is 82.9 Å². The van der Waals surface area contributed by atoms with Crippen LogP contribution in [-0.2, 0) is 6.54 Å². The number of nitrogens with one attached hydrogen (secondary N) is 1. The number of amides is 1. The first-order valence-electron chi connectivity index (χ1n) is 12.3. The van der Waals surface area contributed by atoms with Crippen LogP contribution in [0, 0.1) is 19.7 Å². The summed E-state index contributed by atoms with van der Waals surface area (Å²) in [4.78, 5) is 21.3. The summed E-state index contributed by atoms with van der Waals surface area (Å²) in [5.41, 5.74) is 11.6. The molecule has 6 aromatic rings. The van der Waals surface area contributed by atoms with Gasteiger partial charge in [-0.05, 0) is 73.9 Å². The maximum atomic E-state index is 14.6. The zero-order chi connectivity index (χ0) is 26.6. The van der Waals surface area contributed by atoms with Crippen molar-refractivity contribution in [1.82, 2.24) is 15.3 Å². The van der Waals surface area contributed by atoms with E-state index in [0.717, 1.165) is 38.4 Å². The van der Waals surface area contributed by atoms with Crippen molar-refractivity contribution < 1.29 is 18.3 Å². The van der Waals surface area contributed by atoms with Crippen LogP contribution in [0.5, 0.6) is 5.88 Å². The topological polar surface area (TPSA) is 103 Å². The van der Waals surface area contributed by atoms with E-state index in [-0.39, 0.29) is 5.91 Å². The third-order valence-corrected chi connectivity index (χ3v) is 6.92. The quantitative estimate of drug-likeness (QED) is 0.256. The second kappa shape index (κ2) is 8.99. The number of hydrogen-bond acceptors (Lipinski definition) is 6. The highest BCUT2D eigenvalue weighted by molar-refractivity contribution is 6.26. The van der Waals surface area contributed by atoms with Gasteiger partial charge in [0.25, 0.3) is 5.91 Å². The summed E-state index contributed by atoms with van der Waals surface area (Å²) in [5, 5.41) is 6.55. The third kappa shape index (κ3) is 3.85. The number of halogens is 1. The molecule has 38 heavy (non-hydrogen) atoms. The highest BCUT2D eigenvalue weighted by Crippen LogP contribution is 2.42. The van der Waals surface area contributed by atoms with Gasteiger partial charge in [-0.2, -0.15) is 0 Å². The monoisotopic (exact) mass is 508 g/mol. The second-order valence-corrected chi connectivity index (χ2v) is 9.33. The van der Waals surface area contributed by atoms with Crippen LogP contribution in [0.4, 0.5) is 10.2 Å². The zero-order valence-electron chi connectivity index (χ0n) is 21.2. The molecule has 0 saturated carbocycles. The lowest BCUT2D eigenvalue weighted by molar-refractivity contribution is 0.0951. The fourth-order valence-corrected chi connectivity index (χ4v) is 5.07. The number of rotatable bonds is 6. The Morgan fingerprint density at radius 3 is 2.50 bits per heavy atom. The molecule has 0 fully saturated rings. The lowest BCUT2D eigenvalue weighted by Gasteiger charge is -2.11. The Morgan fingerprint density at radius 1 is 1.03 bits per heavy atom. The van der Waals surface area contributed by atoms with Crippen molar-refractivity contribution in [1.29, 1.82) is 0 Å². The predicted molar refractivity (Wildman–Crippen MR) is 146 cm³/mol. The van der Waals surface area contributed by atoms with Gasteiger partial charge in [-0.3, -0.25) is 4.79 Å². The van der Waals surface area contributed by atoms with Gasteiger partial charge in [0.1, 0.15) is 22.8 Å². The van der Waals surface area contributed by atoms with Crippen LogP contribution in [0.1, 0.15) is 34.1 Å². The Hall–Kier alpha value is -4.72. The van der Waals surface area contributed by atoms with Crippen LogP contribution in [-0.4, -0.2) is 22.5 Å². The van der Waals surface area contributed by atoms with Crippen LogP contribution >= 0.6 is 0 Å². The normalized spacial score (nSPS) is 11.6. The average Bonchev–Trinajstić information content (AvgIpc) is 3.46. The number of furan rings is 2. The van der Waals surface area contributed by atoms with Gasteiger partial charge in [0.05, 0.1) is 12.8 Å². The van der Waals surface area contributed by atoms with Crippen LogP contribution in [0.2, 0.25) is 0 Å². The molecular formula is C30H25FN4O3. The summed E-state index contributed by atoms with van der Waals surface area (Å²) in [7, 11) is 0. The fourth-order valence-electron chi connectivity index (χ4n) is 5.07. The Morgan fingerprint density at radius 2 is 1.76 bits per heavy atom. The number of carbonyl (C=O) groups excluding carboxylic acids is 1. The molecule has 2 aromatic carbocycles. The largest absolute Gasteiger partial charge is 0.478 e. The lowest BCUT2D eigenvalue weighted by atomic mass is 9.97. The van der Waals surface area contributed by atoms with E-state index in [0.29, 0.717) is 52.7 Å². The van der Waals surface area contributed by atoms with Gasteiger partial charge < -0.3 is 20.2 Å². The van der Waals surface area contributed by atoms with Crippen LogP contribution < -0.4 is 15.8 Å². The van der Waals surface area contributed by atoms with Crippen molar-refractivity contribution in [2.24, 2.45) is 0 Å². The van der Waals surface area contributed by atoms with Gasteiger partial charge in [-0.25, -0.2) is 14.4 Å². The highest BCUT2D eigenvalue weighted by Gasteiger charge is 2.20. The molecule has 0 spiro atoms. The highest BCUT2D eigenvalue weighted by atomic mass is 19.1. The Bertz CT molecular complexity index is 1840. The molecule has 4 aromatic heterocycles. The molecule has 190 valence electrons. The molecule has 0 aliphatic rings. The average molecular weight is 509 g/mol. The van der Waals surface area contributed by atoms with Crippen molar-refractivity contribution >= 4 is 44.4 Å². The molecule has 6 rings (SSSR count). The minimum absolute atomic E-state index is 0.189. The molecule has 0 radical (unpaired) electrons. The number of ether oxygens (including phenoxy) is 1. The Balaban J connectivity index is 1.33. The van der Waals surface area contributed by atoms with Crippen molar-refractivity contribution in [3.8, 4) is 17.0 Å². The minimum Gasteiger partial charge on any atom is -0.478 e. The number of anilines is 1. The van der Waals surface area contributed by atoms with Crippen LogP contribution in [0.15, 0.2) is 59.1 Å². The van der Waals surface area contributed by atoms with E-state index >= 15 is 0 Å². The first kappa shape index (κ1) is 23.7. The molecule has 4 heterocycles. The summed E-state index contributed by atoms with van der Waals surface area (Å²) < 4.78 is 26.2. The molecule has 2 bridgehead atoms. The standard InChI is InChI=1S/C30H25FN4O3/c1-4-37-27-12-21(25(31)14-33-27)17-5-7-19-22(10-17)28-20-8-6-18(11-23(20)29(19)38-28)30(36)34-13-24-15(2)9-26(32)35-16(24)3/h5-12,14H,4,13H2,1-3H3,(H2,32,35)(H,34,36). The van der Waals surface area contributed by atoms with Crippen LogP contribution in [0.25, 0.3) is 43.8 Å². The smallest absolute Gasteiger partial charge is 0.251 e. The van der Waals surface area contributed by atoms with Crippen molar-refractivity contribution in [2.45, 2.75) is 27.3 Å². The maximum Gasteiger partial charge on any atom is 0.251 e. The molecule has 0 atom stereocenters. The van der Waals surface area contributed by atoms with E-state index in [1.54, 1.807) is 18.2 Å². The van der Waals surface area contributed by atoms with E-state index in [9.17, 15) is 9.18 Å². The molecule has 7 nitrogen and oxygen atoms in total. The summed E-state index contributed by atoms with van der Waals surface area (Å²) in [6.45, 7) is 6.49. The molecule has 0 unspecified atom stereocenters. The van der Waals surface area contributed by atoms with Crippen molar-refractivity contribution in [3.63, 3.8) is 0 Å². The van der Waals surface area contributed by atoms with E-state index in [2.05, 4.69) is 15.3 Å². The minimum atomic E-state index is -0.425. The number of nitrogen functional groups attached to an aromatic ring is 1. The second-order valence-electron chi connectivity index (χ2n) is 9.33. The van der Waals surface area contributed by atoms with Gasteiger partial charge in [-0.1, -0.05) is 6.07 Å². The van der Waals surface area contributed by atoms with Gasteiger partial charge in [0.15, 0.2) is 0 Å². The number of fused-ring (bicyclic) bond motifs is 8. The predicted octanol–water partition coefficient (Wildman–Crippen LogP) is 6.30. The van der Waals surface area contributed by atoms with Crippen LogP contribution in [0.3, 0.4) is 0 Å². The molecule has 0 aliphatic heterocycles. The van der Waals surface area contributed by atoms with E-state index in [1.807, 2.05) is 51.1 Å². The van der Waals surface area contributed by atoms with E-state index in [4.69, 9.17) is 14.9 Å². The van der Waals surface area contributed by atoms with Crippen molar-refractivity contribution in [2.75, 3.05) is 12.3 Å². The molecular weight excluding hydrogens is 483 g/mol. The van der Waals surface area contributed by atoms with E-state index < -0.39 is 5.82 Å². The number of carbonyl (C=O) groups is 1. The summed E-state index contributed by atoms with van der Waals surface area (Å²) in [6.07, 6.45) is 1.17. The first-order valence-corrected chi connectivity index (χ1v) is 12.3. The number of nitrogens with zero attached hydrogens (tertiary/aromatic N) is 2. The number of aryl methyl sites for hydroxylation is 2. The molecule has 0 saturated heterocycles. The maximum absolute atomic E-state index is 14.6. The SMILES string of the molecule is CCOc1cc(-c2ccc3c(c2)c2oc3c3cc(C(=O)NCc4c(C)cc(N)nc4C)ccc32)c(F)cn1. The first-order chi connectivity index (χ1) is 18.3. The van der Waals surface area contributed by atoms with E-state index in [1.165, 1.54) is 6.20 Å². The molecule has 3 N–H and O–H groups in total. The molecule has 0 aliphatic carbocycles. The summed E-state index contributed by atoms with van der Waals surface area (Å²) in [5.74, 6) is 0.224.